The van der Waals surface area contributed by atoms with Crippen LogP contribution >= 0.6 is 11.6 Å². The van der Waals surface area contributed by atoms with Crippen molar-refractivity contribution in [2.75, 3.05) is 5.32 Å². The summed E-state index contributed by atoms with van der Waals surface area (Å²) in [5.41, 5.74) is 3.78. The molecule has 0 unspecified atom stereocenters. The number of anilines is 1. The molecule has 1 atom stereocenters. The maximum absolute atomic E-state index is 11.1. The number of rotatable bonds is 5. The van der Waals surface area contributed by atoms with Crippen molar-refractivity contribution in [3.63, 3.8) is 0 Å². The Hall–Kier alpha value is -1.80. The zero-order valence-corrected chi connectivity index (χ0v) is 12.4. The van der Waals surface area contributed by atoms with E-state index in [9.17, 15) is 4.79 Å². The van der Waals surface area contributed by atoms with E-state index in [0.29, 0.717) is 5.56 Å². The van der Waals surface area contributed by atoms with E-state index < -0.39 is 0 Å². The lowest BCUT2D eigenvalue weighted by molar-refractivity contribution is 0.112. The van der Waals surface area contributed by atoms with Gasteiger partial charge < -0.3 is 5.32 Å². The summed E-state index contributed by atoms with van der Waals surface area (Å²) < 4.78 is 0. The minimum Gasteiger partial charge on any atom is -0.378 e. The van der Waals surface area contributed by atoms with Crippen LogP contribution in [0.4, 0.5) is 5.69 Å². The van der Waals surface area contributed by atoms with Crippen LogP contribution in [0.3, 0.4) is 0 Å². The van der Waals surface area contributed by atoms with Crippen molar-refractivity contribution in [1.82, 2.24) is 0 Å². The van der Waals surface area contributed by atoms with Crippen LogP contribution in [0.5, 0.6) is 0 Å². The van der Waals surface area contributed by atoms with Crippen molar-refractivity contribution < 1.29 is 4.79 Å². The predicted octanol–water partition coefficient (Wildman–Crippen LogP) is 5.02. The third-order valence-electron chi connectivity index (χ3n) is 3.41. The highest BCUT2D eigenvalue weighted by Gasteiger charge is 2.12. The Morgan fingerprint density at radius 3 is 2.65 bits per heavy atom. The molecule has 2 nitrogen and oxygen atoms in total. The van der Waals surface area contributed by atoms with Crippen LogP contribution in [-0.4, -0.2) is 6.29 Å². The highest BCUT2D eigenvalue weighted by molar-refractivity contribution is 6.31. The minimum atomic E-state index is 0.159. The summed E-state index contributed by atoms with van der Waals surface area (Å²) in [4.78, 5) is 11.1. The number of hydrogen-bond donors (Lipinski definition) is 1. The molecule has 0 bridgehead atoms. The van der Waals surface area contributed by atoms with Gasteiger partial charge in [0.25, 0.3) is 0 Å². The molecule has 0 saturated carbocycles. The molecule has 104 valence electrons. The lowest BCUT2D eigenvalue weighted by Gasteiger charge is -2.20. The normalized spacial score (nSPS) is 11.9. The van der Waals surface area contributed by atoms with Crippen LogP contribution < -0.4 is 5.32 Å². The van der Waals surface area contributed by atoms with E-state index in [1.54, 1.807) is 0 Å². The molecule has 3 heteroatoms. The molecule has 0 radical (unpaired) electrons. The second-order valence-electron chi connectivity index (χ2n) is 4.82. The topological polar surface area (TPSA) is 29.1 Å². The maximum Gasteiger partial charge on any atom is 0.152 e. The van der Waals surface area contributed by atoms with Crippen molar-refractivity contribution in [3.8, 4) is 0 Å². The van der Waals surface area contributed by atoms with Gasteiger partial charge in [0, 0.05) is 16.3 Å². The van der Waals surface area contributed by atoms with Gasteiger partial charge in [0.15, 0.2) is 6.29 Å². The summed E-state index contributed by atoms with van der Waals surface area (Å²) in [6, 6.07) is 13.7. The third kappa shape index (κ3) is 3.20. The van der Waals surface area contributed by atoms with Crippen LogP contribution in [0.25, 0.3) is 0 Å². The van der Waals surface area contributed by atoms with Crippen LogP contribution in [0.2, 0.25) is 5.02 Å². The number of aryl methyl sites for hydroxylation is 1. The van der Waals surface area contributed by atoms with Gasteiger partial charge in [0.1, 0.15) is 0 Å². The van der Waals surface area contributed by atoms with Crippen molar-refractivity contribution in [2.45, 2.75) is 26.3 Å². The summed E-state index contributed by atoms with van der Waals surface area (Å²) in [6.45, 7) is 4.11. The van der Waals surface area contributed by atoms with Gasteiger partial charge >= 0.3 is 0 Å². The molecule has 20 heavy (non-hydrogen) atoms. The molecule has 2 aromatic rings. The van der Waals surface area contributed by atoms with Gasteiger partial charge in [-0.2, -0.15) is 0 Å². The van der Waals surface area contributed by atoms with Gasteiger partial charge in [0.2, 0.25) is 0 Å². The van der Waals surface area contributed by atoms with Crippen LogP contribution in [-0.2, 0) is 0 Å². The van der Waals surface area contributed by atoms with E-state index in [-0.39, 0.29) is 6.04 Å². The molecule has 0 amide bonds. The van der Waals surface area contributed by atoms with Crippen molar-refractivity contribution in [2.24, 2.45) is 0 Å². The Kier molecular flexibility index (Phi) is 4.80. The number of benzene rings is 2. The van der Waals surface area contributed by atoms with Crippen LogP contribution in [0.1, 0.15) is 40.9 Å². The fourth-order valence-corrected chi connectivity index (χ4v) is 2.34. The van der Waals surface area contributed by atoms with E-state index in [4.69, 9.17) is 11.6 Å². The number of aldehydes is 1. The zero-order chi connectivity index (χ0) is 14.5. The van der Waals surface area contributed by atoms with E-state index in [1.807, 2.05) is 43.3 Å². The average Bonchev–Trinajstić information content (AvgIpc) is 2.48. The lowest BCUT2D eigenvalue weighted by atomic mass is 10.0. The molecule has 0 aromatic heterocycles. The number of nitrogens with one attached hydrogen (secondary N) is 1. The summed E-state index contributed by atoms with van der Waals surface area (Å²) in [5.74, 6) is 0. The number of para-hydroxylation sites is 1. The molecule has 0 aliphatic rings. The largest absolute Gasteiger partial charge is 0.378 e. The first kappa shape index (κ1) is 14.6. The van der Waals surface area contributed by atoms with Gasteiger partial charge in [-0.05, 0) is 42.7 Å². The molecule has 0 saturated heterocycles. The standard InChI is InChI=1S/C17H18ClNO/c1-3-16(13-8-9-15(18)12(2)10-13)19-17-7-5-4-6-14(17)11-20/h4-11,16,19H,3H2,1-2H3/t16-/m1/s1. The summed E-state index contributed by atoms with van der Waals surface area (Å²) in [5, 5.41) is 4.21. The Morgan fingerprint density at radius 1 is 1.25 bits per heavy atom. The molecular formula is C17H18ClNO. The predicted molar refractivity (Wildman–Crippen MR) is 84.7 cm³/mol. The fourth-order valence-electron chi connectivity index (χ4n) is 2.22. The third-order valence-corrected chi connectivity index (χ3v) is 3.83. The minimum absolute atomic E-state index is 0.159. The molecule has 0 aliphatic heterocycles. The maximum atomic E-state index is 11.1. The van der Waals surface area contributed by atoms with Gasteiger partial charge in [-0.25, -0.2) is 0 Å². The quantitative estimate of drug-likeness (QED) is 0.782. The van der Waals surface area contributed by atoms with Gasteiger partial charge in [-0.1, -0.05) is 42.8 Å². The first-order valence-corrected chi connectivity index (χ1v) is 7.10. The number of carbonyl (C=O) groups is 1. The second kappa shape index (κ2) is 6.58. The molecule has 2 rings (SSSR count). The SMILES string of the molecule is CC[C@@H](Nc1ccccc1C=O)c1ccc(Cl)c(C)c1. The Labute approximate surface area is 124 Å². The first-order valence-electron chi connectivity index (χ1n) is 6.72. The molecule has 0 spiro atoms. The van der Waals surface area contributed by atoms with E-state index in [0.717, 1.165) is 29.0 Å². The Morgan fingerprint density at radius 2 is 2.00 bits per heavy atom. The van der Waals surface area contributed by atoms with Crippen LogP contribution in [0.15, 0.2) is 42.5 Å². The highest BCUT2D eigenvalue weighted by atomic mass is 35.5. The van der Waals surface area contributed by atoms with Crippen LogP contribution in [0, 0.1) is 6.92 Å². The first-order chi connectivity index (χ1) is 9.65. The van der Waals surface area contributed by atoms with Crippen molar-refractivity contribution in [1.29, 1.82) is 0 Å². The van der Waals surface area contributed by atoms with E-state index >= 15 is 0 Å². The van der Waals surface area contributed by atoms with Crippen molar-refractivity contribution in [3.05, 3.63) is 64.2 Å². The van der Waals surface area contributed by atoms with E-state index in [2.05, 4.69) is 18.3 Å². The molecule has 2 aromatic carbocycles. The summed E-state index contributed by atoms with van der Waals surface area (Å²) >= 11 is 6.07. The molecule has 0 heterocycles. The van der Waals surface area contributed by atoms with Gasteiger partial charge in [-0.3, -0.25) is 4.79 Å². The number of carbonyl (C=O) groups excluding carboxylic acids is 1. The molecule has 0 aliphatic carbocycles. The summed E-state index contributed by atoms with van der Waals surface area (Å²) in [7, 11) is 0. The zero-order valence-electron chi connectivity index (χ0n) is 11.7. The molecule has 1 N–H and O–H groups in total. The molecule has 0 fully saturated rings. The van der Waals surface area contributed by atoms with E-state index in [1.165, 1.54) is 5.56 Å². The van der Waals surface area contributed by atoms with Gasteiger partial charge in [-0.15, -0.1) is 0 Å². The average molecular weight is 288 g/mol. The molecular weight excluding hydrogens is 270 g/mol. The lowest BCUT2D eigenvalue weighted by Crippen LogP contribution is -2.11. The van der Waals surface area contributed by atoms with Gasteiger partial charge in [0.05, 0.1) is 6.04 Å². The monoisotopic (exact) mass is 287 g/mol. The number of halogens is 1. The highest BCUT2D eigenvalue weighted by Crippen LogP contribution is 2.27. The fraction of sp³-hybridized carbons (Fsp3) is 0.235. The van der Waals surface area contributed by atoms with Crippen molar-refractivity contribution >= 4 is 23.6 Å². The number of hydrogen-bond acceptors (Lipinski definition) is 2. The second-order valence-corrected chi connectivity index (χ2v) is 5.23. The Bertz CT molecular complexity index is 610. The Balaban J connectivity index is 2.28. The summed E-state index contributed by atoms with van der Waals surface area (Å²) in [6.07, 6.45) is 1.80. The smallest absolute Gasteiger partial charge is 0.152 e.